The number of nitrogens with one attached hydrogen (secondary N) is 1. The van der Waals surface area contributed by atoms with E-state index in [2.05, 4.69) is 17.9 Å². The maximum Gasteiger partial charge on any atom is 0.266 e. The quantitative estimate of drug-likeness (QED) is 0.769. The van der Waals surface area contributed by atoms with Gasteiger partial charge in [0.15, 0.2) is 0 Å². The average molecular weight is 376 g/mol. The third kappa shape index (κ3) is 2.96. The molecule has 0 radical (unpaired) electrons. The number of carbonyl (C=O) groups excluding carboxylic acids is 1. The zero-order valence-electron chi connectivity index (χ0n) is 12.2. The predicted octanol–water partition coefficient (Wildman–Crippen LogP) is 4.29. The largest absolute Gasteiger partial charge is 0.327 e. The molecule has 0 aliphatic carbocycles. The number of amides is 1. The molecule has 1 atom stereocenters. The van der Waals surface area contributed by atoms with E-state index in [-0.39, 0.29) is 10.6 Å². The molecule has 3 rings (SSSR count). The van der Waals surface area contributed by atoms with Gasteiger partial charge in [0.1, 0.15) is 17.8 Å². The van der Waals surface area contributed by atoms with Crippen molar-refractivity contribution < 1.29 is 4.79 Å². The van der Waals surface area contributed by atoms with Crippen LogP contribution >= 0.6 is 35.8 Å². The summed E-state index contributed by atoms with van der Waals surface area (Å²) < 4.78 is 0. The van der Waals surface area contributed by atoms with Gasteiger partial charge < -0.3 is 10.2 Å². The van der Waals surface area contributed by atoms with Crippen LogP contribution in [0.1, 0.15) is 11.7 Å². The molecule has 0 saturated heterocycles. The summed E-state index contributed by atoms with van der Waals surface area (Å²) in [5.41, 5.74) is 1.37. The van der Waals surface area contributed by atoms with Crippen LogP contribution in [-0.4, -0.2) is 5.91 Å². The molecule has 1 unspecified atom stereocenters. The van der Waals surface area contributed by atoms with Crippen LogP contribution in [0, 0.1) is 11.3 Å². The normalized spacial score (nSPS) is 17.5. The van der Waals surface area contributed by atoms with Crippen molar-refractivity contribution in [1.29, 1.82) is 5.26 Å². The lowest BCUT2D eigenvalue weighted by Crippen LogP contribution is -2.46. The van der Waals surface area contributed by atoms with Gasteiger partial charge in [-0.05, 0) is 30.3 Å². The fourth-order valence-corrected chi connectivity index (χ4v) is 3.24. The third-order valence-corrected chi connectivity index (χ3v) is 4.66. The molecule has 0 spiro atoms. The van der Waals surface area contributed by atoms with E-state index >= 15 is 0 Å². The summed E-state index contributed by atoms with van der Waals surface area (Å²) >= 11 is 16.7. The summed E-state index contributed by atoms with van der Waals surface area (Å²) in [5, 5.41) is 13.4. The first-order chi connectivity index (χ1) is 11.5. The summed E-state index contributed by atoms with van der Waals surface area (Å²) in [7, 11) is 0. The second-order valence-electron chi connectivity index (χ2n) is 5.05. The molecule has 0 aromatic heterocycles. The Balaban J connectivity index is 2.18. The number of carbonyl (C=O) groups is 1. The third-order valence-electron chi connectivity index (χ3n) is 3.62. The summed E-state index contributed by atoms with van der Waals surface area (Å²) in [6.45, 7) is 0. The van der Waals surface area contributed by atoms with Crippen LogP contribution < -0.4 is 10.2 Å². The SMILES string of the molecule is N#CC1=C(S)N(c2ccc(Cl)cc2)C(c2ccccc2Cl)NC1=O. The van der Waals surface area contributed by atoms with Crippen LogP contribution in [0.2, 0.25) is 10.0 Å². The molecule has 24 heavy (non-hydrogen) atoms. The Morgan fingerprint density at radius 3 is 2.42 bits per heavy atom. The van der Waals surface area contributed by atoms with E-state index in [9.17, 15) is 10.1 Å². The lowest BCUT2D eigenvalue weighted by atomic mass is 10.1. The molecule has 1 aliphatic rings. The summed E-state index contributed by atoms with van der Waals surface area (Å²) in [4.78, 5) is 14.0. The van der Waals surface area contributed by atoms with Gasteiger partial charge in [-0.25, -0.2) is 0 Å². The number of hydrogen-bond acceptors (Lipinski definition) is 4. The zero-order chi connectivity index (χ0) is 17.3. The highest BCUT2D eigenvalue weighted by Gasteiger charge is 2.34. The Labute approximate surface area is 154 Å². The first-order valence-corrected chi connectivity index (χ1v) is 8.16. The van der Waals surface area contributed by atoms with Crippen LogP contribution in [0.15, 0.2) is 59.1 Å². The van der Waals surface area contributed by atoms with Gasteiger partial charge in [0.25, 0.3) is 5.91 Å². The minimum absolute atomic E-state index is 0.0587. The maximum absolute atomic E-state index is 12.2. The summed E-state index contributed by atoms with van der Waals surface area (Å²) in [6.07, 6.45) is -0.586. The van der Waals surface area contributed by atoms with Crippen LogP contribution in [0.5, 0.6) is 0 Å². The van der Waals surface area contributed by atoms with E-state index in [1.807, 2.05) is 18.2 Å². The van der Waals surface area contributed by atoms with Crippen molar-refractivity contribution in [3.63, 3.8) is 0 Å². The molecule has 4 nitrogen and oxygen atoms in total. The first kappa shape index (κ1) is 16.7. The summed E-state index contributed by atoms with van der Waals surface area (Å²) in [6, 6.07) is 16.1. The smallest absolute Gasteiger partial charge is 0.266 e. The minimum atomic E-state index is -0.586. The van der Waals surface area contributed by atoms with Crippen molar-refractivity contribution in [2.45, 2.75) is 6.17 Å². The second kappa shape index (κ2) is 6.78. The average Bonchev–Trinajstić information content (AvgIpc) is 2.56. The molecular formula is C17H11Cl2N3OS. The highest BCUT2D eigenvalue weighted by atomic mass is 35.5. The fraction of sp³-hybridized carbons (Fsp3) is 0.0588. The topological polar surface area (TPSA) is 56.1 Å². The van der Waals surface area contributed by atoms with Gasteiger partial charge >= 0.3 is 0 Å². The van der Waals surface area contributed by atoms with Gasteiger partial charge in [0, 0.05) is 21.3 Å². The molecule has 1 aliphatic heterocycles. The van der Waals surface area contributed by atoms with Crippen LogP contribution in [0.25, 0.3) is 0 Å². The number of hydrogen-bond donors (Lipinski definition) is 2. The van der Waals surface area contributed by atoms with Crippen molar-refractivity contribution in [2.24, 2.45) is 0 Å². The van der Waals surface area contributed by atoms with E-state index in [0.29, 0.717) is 15.6 Å². The molecule has 120 valence electrons. The Morgan fingerprint density at radius 1 is 1.12 bits per heavy atom. The van der Waals surface area contributed by atoms with Crippen molar-refractivity contribution >= 4 is 47.4 Å². The number of nitriles is 1. The van der Waals surface area contributed by atoms with Crippen LogP contribution in [0.4, 0.5) is 5.69 Å². The predicted molar refractivity (Wildman–Crippen MR) is 97.9 cm³/mol. The number of rotatable bonds is 2. The van der Waals surface area contributed by atoms with E-state index < -0.39 is 12.1 Å². The molecule has 7 heteroatoms. The number of thiol groups is 1. The standard InChI is InChI=1S/C17H11Cl2N3OS/c18-10-5-7-11(8-6-10)22-15(12-3-1-2-4-14(12)19)21-16(23)13(9-20)17(22)24/h1-8,15,24H,(H,21,23). The lowest BCUT2D eigenvalue weighted by molar-refractivity contribution is -0.118. The Bertz CT molecular complexity index is 874. The van der Waals surface area contributed by atoms with Gasteiger partial charge in [-0.2, -0.15) is 5.26 Å². The number of anilines is 1. The molecule has 2 aromatic carbocycles. The maximum atomic E-state index is 12.2. The monoisotopic (exact) mass is 375 g/mol. The molecular weight excluding hydrogens is 365 g/mol. The van der Waals surface area contributed by atoms with E-state index in [4.69, 9.17) is 23.2 Å². The van der Waals surface area contributed by atoms with Gasteiger partial charge in [0.05, 0.1) is 5.03 Å². The van der Waals surface area contributed by atoms with Crippen LogP contribution in [-0.2, 0) is 4.79 Å². The zero-order valence-corrected chi connectivity index (χ0v) is 14.6. The highest BCUT2D eigenvalue weighted by molar-refractivity contribution is 7.84. The van der Waals surface area contributed by atoms with Gasteiger partial charge in [-0.15, -0.1) is 12.6 Å². The molecule has 1 heterocycles. The highest BCUT2D eigenvalue weighted by Crippen LogP contribution is 2.38. The molecule has 0 bridgehead atoms. The number of halogens is 2. The Hall–Kier alpha value is -2.13. The molecule has 0 fully saturated rings. The van der Waals surface area contributed by atoms with Gasteiger partial charge in [0.2, 0.25) is 0 Å². The molecule has 1 amide bonds. The van der Waals surface area contributed by atoms with E-state index in [1.54, 1.807) is 41.3 Å². The minimum Gasteiger partial charge on any atom is -0.327 e. The fourth-order valence-electron chi connectivity index (χ4n) is 2.49. The first-order valence-electron chi connectivity index (χ1n) is 6.96. The Morgan fingerprint density at radius 2 is 1.79 bits per heavy atom. The number of benzene rings is 2. The van der Waals surface area contributed by atoms with Crippen molar-refractivity contribution in [3.8, 4) is 6.07 Å². The second-order valence-corrected chi connectivity index (χ2v) is 6.32. The summed E-state index contributed by atoms with van der Waals surface area (Å²) in [5.74, 6) is -0.488. The van der Waals surface area contributed by atoms with E-state index in [0.717, 1.165) is 5.69 Å². The van der Waals surface area contributed by atoms with Gasteiger partial charge in [-0.3, -0.25) is 4.79 Å². The number of nitrogens with zero attached hydrogens (tertiary/aromatic N) is 2. The van der Waals surface area contributed by atoms with Crippen molar-refractivity contribution in [1.82, 2.24) is 5.32 Å². The van der Waals surface area contributed by atoms with Gasteiger partial charge in [-0.1, -0.05) is 41.4 Å². The Kier molecular flexibility index (Phi) is 4.72. The van der Waals surface area contributed by atoms with Crippen molar-refractivity contribution in [2.75, 3.05) is 4.90 Å². The molecule has 0 saturated carbocycles. The lowest BCUT2D eigenvalue weighted by Gasteiger charge is -2.38. The van der Waals surface area contributed by atoms with Crippen molar-refractivity contribution in [3.05, 3.63) is 74.7 Å². The molecule has 1 N–H and O–H groups in total. The van der Waals surface area contributed by atoms with Crippen LogP contribution in [0.3, 0.4) is 0 Å². The molecule has 2 aromatic rings. The van der Waals surface area contributed by atoms with E-state index in [1.165, 1.54) is 0 Å².